The summed E-state index contributed by atoms with van der Waals surface area (Å²) in [6.07, 6.45) is -5.19. The van der Waals surface area contributed by atoms with Gasteiger partial charge in [-0.15, -0.1) is 0 Å². The van der Waals surface area contributed by atoms with Crippen LogP contribution in [-0.4, -0.2) is 65.8 Å². The number of nitrogens with one attached hydrogen (secondary N) is 1. The average Bonchev–Trinajstić information content (AvgIpc) is 3.24. The molecule has 0 bridgehead atoms. The summed E-state index contributed by atoms with van der Waals surface area (Å²) in [5.41, 5.74) is 0.953. The van der Waals surface area contributed by atoms with E-state index in [-0.39, 0.29) is 28.2 Å². The summed E-state index contributed by atoms with van der Waals surface area (Å²) >= 11 is 6.10. The zero-order chi connectivity index (χ0) is 24.6. The molecule has 1 aliphatic rings. The van der Waals surface area contributed by atoms with E-state index in [2.05, 4.69) is 15.3 Å². The second kappa shape index (κ2) is 9.84. The highest BCUT2D eigenvalue weighted by Gasteiger charge is 2.45. The summed E-state index contributed by atoms with van der Waals surface area (Å²) < 4.78 is 37.7. The number of ether oxygens (including phenoxy) is 2. The van der Waals surface area contributed by atoms with Gasteiger partial charge >= 0.3 is 7.60 Å². The SMILES string of the molecule is C[C@@H](Nc1nc(Cl)nc2c1c(F)cn2[C@@H]1O[C@H](COCP(=O)(O)O)[C@@H](O)[C@H]1O)c1ccccc1. The highest BCUT2D eigenvalue weighted by molar-refractivity contribution is 7.51. The molecule has 3 heterocycles. The summed E-state index contributed by atoms with van der Waals surface area (Å²) in [6, 6.07) is 9.18. The molecular formula is C20H23ClFN4O7P. The van der Waals surface area contributed by atoms with Crippen LogP contribution in [0.4, 0.5) is 10.2 Å². The molecule has 34 heavy (non-hydrogen) atoms. The fourth-order valence-corrected chi connectivity index (χ4v) is 4.30. The number of anilines is 1. The van der Waals surface area contributed by atoms with Crippen molar-refractivity contribution in [2.75, 3.05) is 18.3 Å². The Hall–Kier alpha value is -2.15. The maximum absolute atomic E-state index is 15.1. The van der Waals surface area contributed by atoms with Crippen molar-refractivity contribution in [3.05, 3.63) is 53.2 Å². The number of benzene rings is 1. The van der Waals surface area contributed by atoms with Crippen molar-refractivity contribution in [3.63, 3.8) is 0 Å². The van der Waals surface area contributed by atoms with E-state index < -0.39 is 50.9 Å². The van der Waals surface area contributed by atoms with Gasteiger partial charge in [0.05, 0.1) is 12.0 Å². The van der Waals surface area contributed by atoms with E-state index in [1.54, 1.807) is 0 Å². The van der Waals surface area contributed by atoms with Gasteiger partial charge in [-0.05, 0) is 24.1 Å². The Bertz CT molecular complexity index is 1210. The van der Waals surface area contributed by atoms with Crippen LogP contribution in [0.3, 0.4) is 0 Å². The fourth-order valence-electron chi connectivity index (χ4n) is 3.79. The Labute approximate surface area is 198 Å². The Morgan fingerprint density at radius 2 is 1.97 bits per heavy atom. The number of aromatic nitrogens is 3. The van der Waals surface area contributed by atoms with Crippen molar-refractivity contribution in [1.29, 1.82) is 0 Å². The number of halogens is 2. The second-order valence-electron chi connectivity index (χ2n) is 7.91. The standard InChI is InChI=1S/C20H23ClFN4O7P/c1-10(11-5-3-2-4-6-11)23-17-14-12(22)7-26(18(14)25-20(21)24-17)19-16(28)15(27)13(33-19)8-32-9-34(29,30)31/h2-7,10,13,15-16,19,27-28H,8-9H2,1H3,(H,23,24,25)(H2,29,30,31)/t10-,13-,15-,16-,19-/m1/s1. The largest absolute Gasteiger partial charge is 0.387 e. The quantitative estimate of drug-likeness (QED) is 0.222. The number of hydrogen-bond donors (Lipinski definition) is 5. The summed E-state index contributed by atoms with van der Waals surface area (Å²) in [4.78, 5) is 26.0. The molecule has 1 fully saturated rings. The normalized spacial score (nSPS) is 24.0. The monoisotopic (exact) mass is 516 g/mol. The smallest absolute Gasteiger partial charge is 0.350 e. The predicted octanol–water partition coefficient (Wildman–Crippen LogP) is 2.17. The van der Waals surface area contributed by atoms with Crippen molar-refractivity contribution in [3.8, 4) is 0 Å². The van der Waals surface area contributed by atoms with Crippen LogP contribution in [0.2, 0.25) is 5.28 Å². The van der Waals surface area contributed by atoms with Gasteiger partial charge in [0.2, 0.25) is 5.28 Å². The summed E-state index contributed by atoms with van der Waals surface area (Å²) in [5, 5.41) is 23.8. The van der Waals surface area contributed by atoms with Crippen LogP contribution >= 0.6 is 19.2 Å². The molecule has 4 rings (SSSR count). The molecule has 0 saturated carbocycles. The van der Waals surface area contributed by atoms with Gasteiger partial charge in [0.1, 0.15) is 30.5 Å². The number of nitrogens with zero attached hydrogens (tertiary/aromatic N) is 3. The molecular weight excluding hydrogens is 494 g/mol. The highest BCUT2D eigenvalue weighted by atomic mass is 35.5. The Morgan fingerprint density at radius 1 is 1.26 bits per heavy atom. The van der Waals surface area contributed by atoms with Gasteiger partial charge < -0.3 is 39.4 Å². The van der Waals surface area contributed by atoms with E-state index >= 15 is 4.39 Å². The van der Waals surface area contributed by atoms with Gasteiger partial charge in [-0.25, -0.2) is 4.39 Å². The number of hydrogen-bond acceptors (Lipinski definition) is 8. The fraction of sp³-hybridized carbons (Fsp3) is 0.400. The summed E-state index contributed by atoms with van der Waals surface area (Å²) in [6.45, 7) is 1.47. The molecule has 184 valence electrons. The van der Waals surface area contributed by atoms with E-state index in [0.717, 1.165) is 11.8 Å². The van der Waals surface area contributed by atoms with E-state index in [0.29, 0.717) is 0 Å². The molecule has 1 saturated heterocycles. The Balaban J connectivity index is 1.62. The van der Waals surface area contributed by atoms with Gasteiger partial charge in [-0.3, -0.25) is 4.57 Å². The van der Waals surface area contributed by atoms with Gasteiger partial charge in [0.15, 0.2) is 17.7 Å². The molecule has 0 amide bonds. The third kappa shape index (κ3) is 5.24. The molecule has 3 aromatic rings. The molecule has 0 unspecified atom stereocenters. The Morgan fingerprint density at radius 3 is 2.65 bits per heavy atom. The molecule has 1 aliphatic heterocycles. The first-order valence-electron chi connectivity index (χ1n) is 10.2. The highest BCUT2D eigenvalue weighted by Crippen LogP contribution is 2.37. The number of aliphatic hydroxyl groups excluding tert-OH is 2. The van der Waals surface area contributed by atoms with E-state index in [9.17, 15) is 14.8 Å². The minimum atomic E-state index is -4.42. The lowest BCUT2D eigenvalue weighted by atomic mass is 10.1. The molecule has 1 aromatic carbocycles. The van der Waals surface area contributed by atoms with Crippen LogP contribution < -0.4 is 5.32 Å². The minimum Gasteiger partial charge on any atom is -0.387 e. The lowest BCUT2D eigenvalue weighted by molar-refractivity contribution is -0.0612. The van der Waals surface area contributed by atoms with Crippen LogP contribution in [0, 0.1) is 5.82 Å². The van der Waals surface area contributed by atoms with Gasteiger partial charge in [-0.1, -0.05) is 30.3 Å². The van der Waals surface area contributed by atoms with Crippen LogP contribution in [-0.2, 0) is 14.0 Å². The minimum absolute atomic E-state index is 0.0127. The van der Waals surface area contributed by atoms with Crippen molar-refractivity contribution >= 4 is 36.0 Å². The van der Waals surface area contributed by atoms with Crippen molar-refractivity contribution < 1.29 is 38.4 Å². The van der Waals surface area contributed by atoms with Crippen molar-refractivity contribution in [1.82, 2.24) is 14.5 Å². The number of rotatable bonds is 8. The van der Waals surface area contributed by atoms with E-state index in [4.69, 9.17) is 30.9 Å². The maximum Gasteiger partial charge on any atom is 0.350 e. The first-order valence-corrected chi connectivity index (χ1v) is 12.4. The van der Waals surface area contributed by atoms with Gasteiger partial charge in [0, 0.05) is 12.2 Å². The van der Waals surface area contributed by atoms with Crippen LogP contribution in [0.1, 0.15) is 24.8 Å². The maximum atomic E-state index is 15.1. The van der Waals surface area contributed by atoms with Crippen LogP contribution in [0.15, 0.2) is 36.5 Å². The molecule has 5 N–H and O–H groups in total. The van der Waals surface area contributed by atoms with Crippen molar-refractivity contribution in [2.24, 2.45) is 0 Å². The Kier molecular flexibility index (Phi) is 7.22. The zero-order valence-corrected chi connectivity index (χ0v) is 19.5. The first-order chi connectivity index (χ1) is 16.0. The lowest BCUT2D eigenvalue weighted by Crippen LogP contribution is -2.33. The molecule has 0 radical (unpaired) electrons. The summed E-state index contributed by atoms with van der Waals surface area (Å²) in [5.74, 6) is -0.571. The third-order valence-electron chi connectivity index (χ3n) is 5.40. The summed E-state index contributed by atoms with van der Waals surface area (Å²) in [7, 11) is -4.42. The number of aliphatic hydroxyl groups is 2. The van der Waals surface area contributed by atoms with E-state index in [1.807, 2.05) is 37.3 Å². The first kappa shape index (κ1) is 25.0. The van der Waals surface area contributed by atoms with Crippen LogP contribution in [0.5, 0.6) is 0 Å². The van der Waals surface area contributed by atoms with Crippen LogP contribution in [0.25, 0.3) is 11.0 Å². The molecule has 11 nitrogen and oxygen atoms in total. The van der Waals surface area contributed by atoms with Gasteiger partial charge in [0.25, 0.3) is 0 Å². The number of fused-ring (bicyclic) bond motifs is 1. The van der Waals surface area contributed by atoms with Crippen molar-refractivity contribution in [2.45, 2.75) is 37.5 Å². The topological polar surface area (TPSA) is 159 Å². The van der Waals surface area contributed by atoms with Gasteiger partial charge in [-0.2, -0.15) is 9.97 Å². The molecule has 5 atom stereocenters. The molecule has 0 aliphatic carbocycles. The second-order valence-corrected chi connectivity index (χ2v) is 9.84. The average molecular weight is 517 g/mol. The zero-order valence-electron chi connectivity index (χ0n) is 17.8. The third-order valence-corrected chi connectivity index (χ3v) is 6.09. The molecule has 14 heteroatoms. The lowest BCUT2D eigenvalue weighted by Gasteiger charge is -2.18. The molecule has 2 aromatic heterocycles. The molecule has 0 spiro atoms. The predicted molar refractivity (Wildman–Crippen MR) is 120 cm³/mol. The van der Waals surface area contributed by atoms with E-state index in [1.165, 1.54) is 4.57 Å².